The third-order valence-electron chi connectivity index (χ3n) is 5.66. The molecule has 10 heteroatoms. The predicted molar refractivity (Wildman–Crippen MR) is 144 cm³/mol. The van der Waals surface area contributed by atoms with Gasteiger partial charge in [0.1, 0.15) is 5.75 Å². The van der Waals surface area contributed by atoms with E-state index in [9.17, 15) is 9.59 Å². The first kappa shape index (κ1) is 23.8. The fraction of sp³-hybridized carbons (Fsp3) is 0.154. The van der Waals surface area contributed by atoms with Gasteiger partial charge >= 0.3 is 4.87 Å². The summed E-state index contributed by atoms with van der Waals surface area (Å²) in [6.45, 7) is 2.20. The zero-order valence-electron chi connectivity index (χ0n) is 19.7. The molecule has 0 saturated carbocycles. The molecule has 5 aromatic rings. The van der Waals surface area contributed by atoms with Crippen molar-refractivity contribution < 1.29 is 9.53 Å². The van der Waals surface area contributed by atoms with Crippen LogP contribution in [-0.4, -0.2) is 38.1 Å². The van der Waals surface area contributed by atoms with Crippen LogP contribution in [0, 0.1) is 6.92 Å². The van der Waals surface area contributed by atoms with Crippen LogP contribution in [0.15, 0.2) is 82.7 Å². The van der Waals surface area contributed by atoms with Crippen LogP contribution in [0.2, 0.25) is 0 Å². The number of para-hydroxylation sites is 2. The van der Waals surface area contributed by atoms with Gasteiger partial charge in [-0.15, -0.1) is 10.2 Å². The lowest BCUT2D eigenvalue weighted by atomic mass is 10.2. The average molecular weight is 518 g/mol. The van der Waals surface area contributed by atoms with Gasteiger partial charge in [0, 0.05) is 11.4 Å². The molecule has 0 radical (unpaired) electrons. The summed E-state index contributed by atoms with van der Waals surface area (Å²) in [7, 11) is 1.61. The molecule has 2 aromatic heterocycles. The van der Waals surface area contributed by atoms with Crippen LogP contribution in [-0.2, 0) is 11.3 Å². The van der Waals surface area contributed by atoms with E-state index in [2.05, 4.69) is 15.5 Å². The summed E-state index contributed by atoms with van der Waals surface area (Å²) in [5.74, 6) is 1.33. The quantitative estimate of drug-likeness (QED) is 0.299. The van der Waals surface area contributed by atoms with Gasteiger partial charge in [-0.05, 0) is 55.0 Å². The lowest BCUT2D eigenvalue weighted by molar-refractivity contribution is -0.113. The zero-order chi connectivity index (χ0) is 25.1. The smallest absolute Gasteiger partial charge is 0.308 e. The van der Waals surface area contributed by atoms with Crippen molar-refractivity contribution in [2.24, 2.45) is 0 Å². The van der Waals surface area contributed by atoms with Crippen molar-refractivity contribution >= 4 is 44.9 Å². The molecule has 0 aliphatic rings. The maximum absolute atomic E-state index is 12.7. The van der Waals surface area contributed by atoms with Gasteiger partial charge in [0.25, 0.3) is 0 Å². The van der Waals surface area contributed by atoms with Crippen molar-refractivity contribution in [2.75, 3.05) is 18.2 Å². The molecule has 36 heavy (non-hydrogen) atoms. The molecule has 0 unspecified atom stereocenters. The lowest BCUT2D eigenvalue weighted by Crippen LogP contribution is -2.17. The molecular weight excluding hydrogens is 494 g/mol. The van der Waals surface area contributed by atoms with E-state index in [-0.39, 0.29) is 23.1 Å². The predicted octanol–water partition coefficient (Wildman–Crippen LogP) is 4.74. The Morgan fingerprint density at radius 2 is 1.78 bits per heavy atom. The van der Waals surface area contributed by atoms with E-state index >= 15 is 0 Å². The van der Waals surface area contributed by atoms with Crippen molar-refractivity contribution in [3.05, 3.63) is 93.9 Å². The van der Waals surface area contributed by atoms with Crippen LogP contribution in [0.1, 0.15) is 11.4 Å². The van der Waals surface area contributed by atoms with Crippen LogP contribution < -0.4 is 14.9 Å². The number of anilines is 1. The van der Waals surface area contributed by atoms with Crippen molar-refractivity contribution in [3.8, 4) is 11.4 Å². The van der Waals surface area contributed by atoms with E-state index in [4.69, 9.17) is 4.74 Å². The highest BCUT2D eigenvalue weighted by Gasteiger charge is 2.19. The second kappa shape index (κ2) is 10.4. The van der Waals surface area contributed by atoms with Gasteiger partial charge in [-0.25, -0.2) is 0 Å². The molecule has 0 fully saturated rings. The minimum absolute atomic E-state index is 0.0627. The standard InChI is InChI=1S/C26H23N5O3S2/c1-17-7-3-4-8-20(17)27-24(32)16-35-25-29-28-23(31(25)18-11-13-19(34-2)14-12-18)15-30-21-9-5-6-10-22(21)36-26(30)33/h3-14H,15-16H2,1-2H3,(H,27,32). The summed E-state index contributed by atoms with van der Waals surface area (Å²) in [5.41, 5.74) is 3.44. The average Bonchev–Trinajstić information content (AvgIpc) is 3.44. The number of aryl methyl sites for hydroxylation is 1. The number of methoxy groups -OCH3 is 1. The van der Waals surface area contributed by atoms with E-state index < -0.39 is 0 Å². The Kier molecular flexibility index (Phi) is 6.88. The van der Waals surface area contributed by atoms with E-state index in [1.165, 1.54) is 23.1 Å². The van der Waals surface area contributed by atoms with Crippen molar-refractivity contribution in [1.82, 2.24) is 19.3 Å². The molecule has 0 saturated heterocycles. The number of fused-ring (bicyclic) bond motifs is 1. The number of benzene rings is 3. The van der Waals surface area contributed by atoms with Gasteiger partial charge in [0.05, 0.1) is 29.6 Å². The molecule has 3 aromatic carbocycles. The van der Waals surface area contributed by atoms with Crippen LogP contribution in [0.5, 0.6) is 5.75 Å². The Labute approximate surface area is 215 Å². The van der Waals surface area contributed by atoms with Gasteiger partial charge in [-0.3, -0.25) is 18.7 Å². The fourth-order valence-corrected chi connectivity index (χ4v) is 5.48. The van der Waals surface area contributed by atoms with E-state index in [0.717, 1.165) is 32.9 Å². The third kappa shape index (κ3) is 4.91. The van der Waals surface area contributed by atoms with E-state index in [1.54, 1.807) is 11.7 Å². The van der Waals surface area contributed by atoms with E-state index in [0.29, 0.717) is 11.0 Å². The minimum atomic E-state index is -0.139. The summed E-state index contributed by atoms with van der Waals surface area (Å²) in [5, 5.41) is 12.3. The summed E-state index contributed by atoms with van der Waals surface area (Å²) < 4.78 is 9.79. The molecule has 182 valence electrons. The number of nitrogens with one attached hydrogen (secondary N) is 1. The summed E-state index contributed by atoms with van der Waals surface area (Å²) in [6.07, 6.45) is 0. The van der Waals surface area contributed by atoms with Crippen molar-refractivity contribution in [3.63, 3.8) is 0 Å². The first-order valence-electron chi connectivity index (χ1n) is 11.2. The molecule has 5 rings (SSSR count). The molecule has 0 aliphatic heterocycles. The topological polar surface area (TPSA) is 91.0 Å². The Bertz CT molecular complexity index is 1590. The molecule has 1 N–H and O–H groups in total. The molecule has 0 bridgehead atoms. The van der Waals surface area contributed by atoms with Crippen molar-refractivity contribution in [2.45, 2.75) is 18.6 Å². The monoisotopic (exact) mass is 517 g/mol. The Balaban J connectivity index is 1.45. The largest absolute Gasteiger partial charge is 0.497 e. The first-order valence-corrected chi connectivity index (χ1v) is 13.0. The van der Waals surface area contributed by atoms with Gasteiger partial charge in [-0.1, -0.05) is 53.4 Å². The molecule has 2 heterocycles. The number of hydrogen-bond donors (Lipinski definition) is 1. The number of thiazole rings is 1. The van der Waals surface area contributed by atoms with Crippen LogP contribution in [0.3, 0.4) is 0 Å². The van der Waals surface area contributed by atoms with Crippen LogP contribution in [0.4, 0.5) is 5.69 Å². The number of amides is 1. The van der Waals surface area contributed by atoms with Gasteiger partial charge in [0.15, 0.2) is 11.0 Å². The lowest BCUT2D eigenvalue weighted by Gasteiger charge is -2.12. The highest BCUT2D eigenvalue weighted by molar-refractivity contribution is 7.99. The Morgan fingerprint density at radius 1 is 1.03 bits per heavy atom. The Morgan fingerprint density at radius 3 is 2.56 bits per heavy atom. The first-order chi connectivity index (χ1) is 17.5. The molecule has 1 amide bonds. The van der Waals surface area contributed by atoms with E-state index in [1.807, 2.05) is 84.3 Å². The molecule has 0 aliphatic carbocycles. The van der Waals surface area contributed by atoms with Gasteiger partial charge in [0.2, 0.25) is 5.91 Å². The van der Waals surface area contributed by atoms with Crippen LogP contribution >= 0.6 is 23.1 Å². The second-order valence-electron chi connectivity index (χ2n) is 8.01. The number of ether oxygens (including phenoxy) is 1. The summed E-state index contributed by atoms with van der Waals surface area (Å²) in [6, 6.07) is 22.8. The number of carbonyl (C=O) groups is 1. The van der Waals surface area contributed by atoms with Crippen LogP contribution in [0.25, 0.3) is 15.9 Å². The number of hydrogen-bond acceptors (Lipinski definition) is 7. The summed E-state index contributed by atoms with van der Waals surface area (Å²) in [4.78, 5) is 25.4. The number of nitrogens with zero attached hydrogens (tertiary/aromatic N) is 4. The molecule has 0 spiro atoms. The second-order valence-corrected chi connectivity index (χ2v) is 9.94. The zero-order valence-corrected chi connectivity index (χ0v) is 21.3. The van der Waals surface area contributed by atoms with Gasteiger partial charge < -0.3 is 10.1 Å². The highest BCUT2D eigenvalue weighted by atomic mass is 32.2. The number of aromatic nitrogens is 4. The summed E-state index contributed by atoms with van der Waals surface area (Å²) >= 11 is 2.49. The molecule has 8 nitrogen and oxygen atoms in total. The fourth-order valence-electron chi connectivity index (χ4n) is 3.82. The van der Waals surface area contributed by atoms with Gasteiger partial charge in [-0.2, -0.15) is 0 Å². The minimum Gasteiger partial charge on any atom is -0.497 e. The Hall–Kier alpha value is -3.89. The molecule has 0 atom stereocenters. The maximum atomic E-state index is 12.7. The number of thioether (sulfide) groups is 1. The number of carbonyl (C=O) groups excluding carboxylic acids is 1. The highest BCUT2D eigenvalue weighted by Crippen LogP contribution is 2.26. The molecular formula is C26H23N5O3S2. The normalized spacial score (nSPS) is 11.1. The SMILES string of the molecule is COc1ccc(-n2c(Cn3c(=O)sc4ccccc43)nnc2SCC(=O)Nc2ccccc2C)cc1. The van der Waals surface area contributed by atoms with Crippen molar-refractivity contribution in [1.29, 1.82) is 0 Å². The number of rotatable bonds is 8. The third-order valence-corrected chi connectivity index (χ3v) is 7.54. The maximum Gasteiger partial charge on any atom is 0.308 e.